The maximum Gasteiger partial charge on any atom is 0.122 e. The van der Waals surface area contributed by atoms with Gasteiger partial charge in [-0.2, -0.15) is 0 Å². The van der Waals surface area contributed by atoms with Crippen LogP contribution in [0.5, 0.6) is 0 Å². The summed E-state index contributed by atoms with van der Waals surface area (Å²) in [4.78, 5) is 2.31. The van der Waals surface area contributed by atoms with Crippen LogP contribution in [0.2, 0.25) is 0 Å². The summed E-state index contributed by atoms with van der Waals surface area (Å²) >= 11 is 0. The number of piperidine rings is 1. The third kappa shape index (κ3) is 5.54. The molecule has 0 unspecified atom stereocenters. The standard InChI is InChI=1S/C14H25NO2/c1-5-14(3,4)17-11-13(16)10-15-8-6-7-12(2)9-15/h1,12-13,16H,6-11H2,2-4H3/t12-,13+/m1/s1. The molecule has 3 nitrogen and oxygen atoms in total. The average molecular weight is 239 g/mol. The van der Waals surface area contributed by atoms with Crippen LogP contribution in [0.3, 0.4) is 0 Å². The van der Waals surface area contributed by atoms with E-state index in [2.05, 4.69) is 17.7 Å². The number of hydrogen-bond donors (Lipinski definition) is 1. The Kier molecular flexibility index (Phi) is 5.45. The summed E-state index contributed by atoms with van der Waals surface area (Å²) in [7, 11) is 0. The summed E-state index contributed by atoms with van der Waals surface area (Å²) in [6, 6.07) is 0. The predicted octanol–water partition coefficient (Wildman–Crippen LogP) is 1.51. The molecule has 1 heterocycles. The van der Waals surface area contributed by atoms with Crippen LogP contribution in [0.25, 0.3) is 0 Å². The molecule has 2 atom stereocenters. The molecule has 0 radical (unpaired) electrons. The number of β-amino-alcohol motifs (C(OH)–C–C–N with tert-alkyl or cyclic N) is 1. The molecule has 0 spiro atoms. The molecule has 3 heteroatoms. The predicted molar refractivity (Wildman–Crippen MR) is 69.7 cm³/mol. The minimum atomic E-state index is -0.587. The Bertz CT molecular complexity index is 270. The Hall–Kier alpha value is -0.560. The molecule has 0 saturated carbocycles. The number of hydrogen-bond acceptors (Lipinski definition) is 3. The van der Waals surface area contributed by atoms with Gasteiger partial charge < -0.3 is 14.7 Å². The van der Waals surface area contributed by atoms with Gasteiger partial charge in [-0.15, -0.1) is 6.42 Å². The van der Waals surface area contributed by atoms with E-state index in [1.807, 2.05) is 13.8 Å². The molecule has 1 aliphatic heterocycles. The highest BCUT2D eigenvalue weighted by Gasteiger charge is 2.21. The fourth-order valence-electron chi connectivity index (χ4n) is 2.15. The fourth-order valence-corrected chi connectivity index (χ4v) is 2.15. The molecule has 1 rings (SSSR count). The van der Waals surface area contributed by atoms with Gasteiger partial charge in [0, 0.05) is 13.1 Å². The monoisotopic (exact) mass is 239 g/mol. The summed E-state index contributed by atoms with van der Waals surface area (Å²) in [5, 5.41) is 9.91. The molecule has 0 aromatic heterocycles. The number of aliphatic hydroxyl groups excluding tert-OH is 1. The smallest absolute Gasteiger partial charge is 0.122 e. The van der Waals surface area contributed by atoms with Gasteiger partial charge >= 0.3 is 0 Å². The van der Waals surface area contributed by atoms with Crippen molar-refractivity contribution in [2.45, 2.75) is 45.3 Å². The second-order valence-corrected chi connectivity index (χ2v) is 5.63. The second kappa shape index (κ2) is 6.39. The van der Waals surface area contributed by atoms with E-state index in [9.17, 15) is 5.11 Å². The zero-order chi connectivity index (χ0) is 12.9. The molecule has 0 bridgehead atoms. The summed E-state index contributed by atoms with van der Waals surface area (Å²) in [6.07, 6.45) is 7.40. The second-order valence-electron chi connectivity index (χ2n) is 5.63. The molecule has 0 amide bonds. The number of likely N-dealkylation sites (tertiary alicyclic amines) is 1. The summed E-state index contributed by atoms with van der Waals surface area (Å²) in [5.74, 6) is 3.30. The van der Waals surface area contributed by atoms with Crippen LogP contribution in [0, 0.1) is 18.3 Å². The number of ether oxygens (including phenoxy) is 1. The van der Waals surface area contributed by atoms with E-state index in [4.69, 9.17) is 11.2 Å². The Morgan fingerprint density at radius 1 is 1.59 bits per heavy atom. The van der Waals surface area contributed by atoms with Gasteiger partial charge in [0.05, 0.1) is 12.7 Å². The molecule has 1 aliphatic rings. The number of terminal acetylenes is 1. The maximum absolute atomic E-state index is 9.91. The maximum atomic E-state index is 9.91. The lowest BCUT2D eigenvalue weighted by Crippen LogP contribution is -2.41. The lowest BCUT2D eigenvalue weighted by Gasteiger charge is -2.32. The van der Waals surface area contributed by atoms with Crippen molar-refractivity contribution in [3.8, 4) is 12.3 Å². The molecule has 1 N–H and O–H groups in total. The van der Waals surface area contributed by atoms with Crippen molar-refractivity contribution in [1.29, 1.82) is 0 Å². The minimum absolute atomic E-state index is 0.308. The lowest BCUT2D eigenvalue weighted by molar-refractivity contribution is -0.0401. The highest BCUT2D eigenvalue weighted by Crippen LogP contribution is 2.16. The minimum Gasteiger partial charge on any atom is -0.389 e. The largest absolute Gasteiger partial charge is 0.389 e. The van der Waals surface area contributed by atoms with Crippen molar-refractivity contribution in [3.05, 3.63) is 0 Å². The van der Waals surface area contributed by atoms with Crippen molar-refractivity contribution >= 4 is 0 Å². The molecule has 0 aromatic carbocycles. The molecule has 1 saturated heterocycles. The molecule has 17 heavy (non-hydrogen) atoms. The third-order valence-electron chi connectivity index (χ3n) is 3.19. The van der Waals surface area contributed by atoms with E-state index >= 15 is 0 Å². The first-order valence-electron chi connectivity index (χ1n) is 6.45. The fraction of sp³-hybridized carbons (Fsp3) is 0.857. The van der Waals surface area contributed by atoms with Gasteiger partial charge in [0.15, 0.2) is 0 Å². The van der Waals surface area contributed by atoms with Gasteiger partial charge in [0.25, 0.3) is 0 Å². The zero-order valence-electron chi connectivity index (χ0n) is 11.3. The topological polar surface area (TPSA) is 32.7 Å². The number of aliphatic hydroxyl groups is 1. The van der Waals surface area contributed by atoms with Crippen molar-refractivity contribution in [3.63, 3.8) is 0 Å². The molecule has 0 aliphatic carbocycles. The SMILES string of the molecule is C#CC(C)(C)OC[C@@H](O)CN1CCC[C@@H](C)C1. The van der Waals surface area contributed by atoms with Crippen LogP contribution in [0.15, 0.2) is 0 Å². The first kappa shape index (κ1) is 14.5. The van der Waals surface area contributed by atoms with Gasteiger partial charge in [0.2, 0.25) is 0 Å². The van der Waals surface area contributed by atoms with Gasteiger partial charge in [-0.05, 0) is 39.2 Å². The average Bonchev–Trinajstić information content (AvgIpc) is 2.27. The highest BCUT2D eigenvalue weighted by atomic mass is 16.5. The zero-order valence-corrected chi connectivity index (χ0v) is 11.3. The van der Waals surface area contributed by atoms with Crippen LogP contribution in [0.1, 0.15) is 33.6 Å². The first-order chi connectivity index (χ1) is 7.93. The molecule has 1 fully saturated rings. The van der Waals surface area contributed by atoms with Crippen molar-refractivity contribution in [2.75, 3.05) is 26.2 Å². The van der Waals surface area contributed by atoms with Crippen LogP contribution < -0.4 is 0 Å². The Balaban J connectivity index is 2.25. The number of nitrogens with zero attached hydrogens (tertiary/aromatic N) is 1. The van der Waals surface area contributed by atoms with Crippen LogP contribution in [0.4, 0.5) is 0 Å². The lowest BCUT2D eigenvalue weighted by atomic mass is 10.00. The van der Waals surface area contributed by atoms with E-state index in [0.29, 0.717) is 13.2 Å². The first-order valence-corrected chi connectivity index (χ1v) is 6.45. The Morgan fingerprint density at radius 2 is 2.29 bits per heavy atom. The van der Waals surface area contributed by atoms with Gasteiger partial charge in [-0.1, -0.05) is 12.8 Å². The molecular formula is C14H25NO2. The van der Waals surface area contributed by atoms with Gasteiger partial charge in [0.1, 0.15) is 5.60 Å². The Labute approximate surface area is 105 Å². The van der Waals surface area contributed by atoms with E-state index in [-0.39, 0.29) is 0 Å². The summed E-state index contributed by atoms with van der Waals surface area (Å²) < 4.78 is 5.50. The van der Waals surface area contributed by atoms with Crippen LogP contribution in [-0.4, -0.2) is 48.0 Å². The molecular weight excluding hydrogens is 214 g/mol. The number of rotatable bonds is 5. The van der Waals surface area contributed by atoms with Crippen molar-refractivity contribution in [1.82, 2.24) is 4.90 Å². The Morgan fingerprint density at radius 3 is 2.88 bits per heavy atom. The quantitative estimate of drug-likeness (QED) is 0.738. The summed E-state index contributed by atoms with van der Waals surface area (Å²) in [6.45, 7) is 9.09. The van der Waals surface area contributed by atoms with E-state index in [1.165, 1.54) is 12.8 Å². The van der Waals surface area contributed by atoms with Crippen LogP contribution >= 0.6 is 0 Å². The normalized spacial score (nSPS) is 24.3. The van der Waals surface area contributed by atoms with Crippen molar-refractivity contribution < 1.29 is 9.84 Å². The molecule has 0 aromatic rings. The van der Waals surface area contributed by atoms with E-state index in [0.717, 1.165) is 19.0 Å². The van der Waals surface area contributed by atoms with Gasteiger partial charge in [-0.25, -0.2) is 0 Å². The highest BCUT2D eigenvalue weighted by molar-refractivity contribution is 5.02. The third-order valence-corrected chi connectivity index (χ3v) is 3.19. The van der Waals surface area contributed by atoms with Crippen LogP contribution in [-0.2, 0) is 4.74 Å². The summed E-state index contributed by atoms with van der Waals surface area (Å²) in [5.41, 5.74) is -0.587. The van der Waals surface area contributed by atoms with E-state index in [1.54, 1.807) is 0 Å². The van der Waals surface area contributed by atoms with Crippen molar-refractivity contribution in [2.24, 2.45) is 5.92 Å². The molecule has 98 valence electrons. The van der Waals surface area contributed by atoms with E-state index < -0.39 is 11.7 Å². The van der Waals surface area contributed by atoms with Gasteiger partial charge in [-0.3, -0.25) is 0 Å².